The van der Waals surface area contributed by atoms with Crippen LogP contribution in [0.1, 0.15) is 25.8 Å². The predicted molar refractivity (Wildman–Crippen MR) is 76.1 cm³/mol. The lowest BCUT2D eigenvalue weighted by Crippen LogP contribution is -2.46. The van der Waals surface area contributed by atoms with Crippen molar-refractivity contribution >= 4 is 5.97 Å². The van der Waals surface area contributed by atoms with Crippen LogP contribution in [0.3, 0.4) is 0 Å². The smallest absolute Gasteiger partial charge is 0.306 e. The van der Waals surface area contributed by atoms with Gasteiger partial charge in [-0.15, -0.1) is 0 Å². The van der Waals surface area contributed by atoms with E-state index in [1.54, 1.807) is 0 Å². The maximum Gasteiger partial charge on any atom is 0.306 e. The Kier molecular flexibility index (Phi) is 4.59. The lowest BCUT2D eigenvalue weighted by Gasteiger charge is -2.38. The minimum atomic E-state index is -0.636. The molecule has 0 spiro atoms. The molecule has 1 aliphatic heterocycles. The van der Waals surface area contributed by atoms with E-state index in [1.807, 2.05) is 6.07 Å². The highest BCUT2D eigenvalue weighted by atomic mass is 16.4. The zero-order valence-electron chi connectivity index (χ0n) is 11.7. The Hall–Kier alpha value is -1.35. The summed E-state index contributed by atoms with van der Waals surface area (Å²) in [6, 6.07) is 11.0. The van der Waals surface area contributed by atoms with Gasteiger partial charge in [-0.05, 0) is 37.8 Å². The van der Waals surface area contributed by atoms with Crippen LogP contribution in [-0.2, 0) is 11.2 Å². The molecule has 3 unspecified atom stereocenters. The quantitative estimate of drug-likeness (QED) is 0.906. The molecule has 1 aromatic rings. The number of carboxylic acid groups (broad SMARTS) is 1. The van der Waals surface area contributed by atoms with E-state index in [-0.39, 0.29) is 11.8 Å². The number of piperidine rings is 1. The summed E-state index contributed by atoms with van der Waals surface area (Å²) in [7, 11) is 0. The van der Waals surface area contributed by atoms with E-state index in [0.717, 1.165) is 25.9 Å². The molecule has 1 aromatic carbocycles. The van der Waals surface area contributed by atoms with Crippen molar-refractivity contribution in [3.05, 3.63) is 35.9 Å². The van der Waals surface area contributed by atoms with Gasteiger partial charge in [0.15, 0.2) is 0 Å². The molecule has 3 heteroatoms. The molecule has 0 bridgehead atoms. The predicted octanol–water partition coefficient (Wildman–Crippen LogP) is 2.66. The number of carbonyl (C=O) groups is 1. The fourth-order valence-electron chi connectivity index (χ4n) is 3.03. The molecule has 1 fully saturated rings. The Morgan fingerprint density at radius 3 is 2.68 bits per heavy atom. The zero-order chi connectivity index (χ0) is 13.8. The van der Waals surface area contributed by atoms with Crippen LogP contribution in [0.4, 0.5) is 0 Å². The van der Waals surface area contributed by atoms with Gasteiger partial charge in [0, 0.05) is 12.6 Å². The van der Waals surface area contributed by atoms with Gasteiger partial charge in [-0.3, -0.25) is 4.79 Å². The third-order valence-electron chi connectivity index (χ3n) is 4.25. The van der Waals surface area contributed by atoms with Crippen molar-refractivity contribution in [2.24, 2.45) is 11.8 Å². The minimum Gasteiger partial charge on any atom is -0.481 e. The minimum absolute atomic E-state index is 0.167. The van der Waals surface area contributed by atoms with Crippen LogP contribution in [0.5, 0.6) is 0 Å². The molecule has 0 saturated carbocycles. The Morgan fingerprint density at radius 1 is 1.42 bits per heavy atom. The van der Waals surface area contributed by atoms with Crippen molar-refractivity contribution in [2.45, 2.75) is 32.7 Å². The molecule has 0 aliphatic carbocycles. The first-order valence-corrected chi connectivity index (χ1v) is 7.08. The maximum absolute atomic E-state index is 11.1. The number of aliphatic carboxylic acids is 1. The monoisotopic (exact) mass is 261 g/mol. The molecular weight excluding hydrogens is 238 g/mol. The highest BCUT2D eigenvalue weighted by Gasteiger charge is 2.32. The number of carboxylic acids is 1. The number of hydrogen-bond acceptors (Lipinski definition) is 2. The first-order chi connectivity index (χ1) is 9.08. The second-order valence-corrected chi connectivity index (χ2v) is 5.74. The molecule has 1 N–H and O–H groups in total. The van der Waals surface area contributed by atoms with E-state index in [1.165, 1.54) is 5.56 Å². The first-order valence-electron chi connectivity index (χ1n) is 7.08. The Labute approximate surface area is 115 Å². The van der Waals surface area contributed by atoms with Crippen molar-refractivity contribution in [3.63, 3.8) is 0 Å². The number of likely N-dealkylation sites (tertiary alicyclic amines) is 1. The van der Waals surface area contributed by atoms with Crippen molar-refractivity contribution in [1.29, 1.82) is 0 Å². The maximum atomic E-state index is 11.1. The molecule has 19 heavy (non-hydrogen) atoms. The number of nitrogens with zero attached hydrogens (tertiary/aromatic N) is 1. The van der Waals surface area contributed by atoms with Crippen molar-refractivity contribution in [2.75, 3.05) is 13.1 Å². The van der Waals surface area contributed by atoms with E-state index in [0.29, 0.717) is 6.04 Å². The summed E-state index contributed by atoms with van der Waals surface area (Å²) in [5, 5.41) is 9.15. The van der Waals surface area contributed by atoms with E-state index >= 15 is 0 Å². The standard InChI is InChI=1S/C16H23NO2/c1-12-11-17(9-8-15(12)16(18)19)13(2)10-14-6-4-3-5-7-14/h3-7,12-13,15H,8-11H2,1-2H3,(H,18,19). The molecule has 2 rings (SSSR count). The fraction of sp³-hybridized carbons (Fsp3) is 0.562. The summed E-state index contributed by atoms with van der Waals surface area (Å²) < 4.78 is 0. The average molecular weight is 261 g/mol. The van der Waals surface area contributed by atoms with Crippen molar-refractivity contribution in [3.8, 4) is 0 Å². The third-order valence-corrected chi connectivity index (χ3v) is 4.25. The summed E-state index contributed by atoms with van der Waals surface area (Å²) in [4.78, 5) is 13.5. The van der Waals surface area contributed by atoms with Gasteiger partial charge >= 0.3 is 5.97 Å². The van der Waals surface area contributed by atoms with Gasteiger partial charge in [-0.2, -0.15) is 0 Å². The van der Waals surface area contributed by atoms with Gasteiger partial charge < -0.3 is 10.0 Å². The summed E-state index contributed by atoms with van der Waals surface area (Å²) in [5.41, 5.74) is 1.35. The van der Waals surface area contributed by atoms with Gasteiger partial charge in [0.1, 0.15) is 0 Å². The molecule has 1 aliphatic rings. The second kappa shape index (κ2) is 6.20. The third kappa shape index (κ3) is 3.57. The average Bonchev–Trinajstić information content (AvgIpc) is 2.39. The first kappa shape index (κ1) is 14.1. The highest BCUT2D eigenvalue weighted by molar-refractivity contribution is 5.70. The van der Waals surface area contributed by atoms with Gasteiger partial charge in [-0.25, -0.2) is 0 Å². The number of benzene rings is 1. The Morgan fingerprint density at radius 2 is 2.11 bits per heavy atom. The molecule has 3 nitrogen and oxygen atoms in total. The Bertz CT molecular complexity index is 418. The summed E-state index contributed by atoms with van der Waals surface area (Å²) in [6.07, 6.45) is 1.81. The van der Waals surface area contributed by atoms with Crippen LogP contribution in [0.2, 0.25) is 0 Å². The van der Waals surface area contributed by atoms with E-state index in [2.05, 4.69) is 43.0 Å². The number of hydrogen-bond donors (Lipinski definition) is 1. The molecule has 1 heterocycles. The lowest BCUT2D eigenvalue weighted by molar-refractivity contribution is -0.145. The second-order valence-electron chi connectivity index (χ2n) is 5.74. The van der Waals surface area contributed by atoms with Crippen molar-refractivity contribution < 1.29 is 9.90 Å². The van der Waals surface area contributed by atoms with Gasteiger partial charge in [0.05, 0.1) is 5.92 Å². The summed E-state index contributed by atoms with van der Waals surface area (Å²) in [5.74, 6) is -0.562. The highest BCUT2D eigenvalue weighted by Crippen LogP contribution is 2.25. The molecule has 3 atom stereocenters. The molecule has 0 radical (unpaired) electrons. The van der Waals surface area contributed by atoms with Gasteiger partial charge in [-0.1, -0.05) is 37.3 Å². The van der Waals surface area contributed by atoms with Crippen LogP contribution in [-0.4, -0.2) is 35.1 Å². The number of rotatable bonds is 4. The topological polar surface area (TPSA) is 40.5 Å². The molecule has 1 saturated heterocycles. The van der Waals surface area contributed by atoms with Crippen LogP contribution in [0.25, 0.3) is 0 Å². The van der Waals surface area contributed by atoms with Gasteiger partial charge in [0.25, 0.3) is 0 Å². The Balaban J connectivity index is 1.91. The fourth-order valence-corrected chi connectivity index (χ4v) is 3.03. The largest absolute Gasteiger partial charge is 0.481 e. The molecule has 0 aromatic heterocycles. The zero-order valence-corrected chi connectivity index (χ0v) is 11.7. The lowest BCUT2D eigenvalue weighted by atomic mass is 9.86. The summed E-state index contributed by atoms with van der Waals surface area (Å²) in [6.45, 7) is 6.08. The summed E-state index contributed by atoms with van der Waals surface area (Å²) >= 11 is 0. The van der Waals surface area contributed by atoms with E-state index < -0.39 is 5.97 Å². The normalized spacial score (nSPS) is 26.0. The van der Waals surface area contributed by atoms with Gasteiger partial charge in [0.2, 0.25) is 0 Å². The van der Waals surface area contributed by atoms with E-state index in [9.17, 15) is 4.79 Å². The molecular formula is C16H23NO2. The van der Waals surface area contributed by atoms with E-state index in [4.69, 9.17) is 5.11 Å². The van der Waals surface area contributed by atoms with Crippen LogP contribution in [0.15, 0.2) is 30.3 Å². The molecule has 104 valence electrons. The van der Waals surface area contributed by atoms with Crippen LogP contribution < -0.4 is 0 Å². The SMILES string of the molecule is CC1CN(C(C)Cc2ccccc2)CCC1C(=O)O. The molecule has 0 amide bonds. The van der Waals surface area contributed by atoms with Crippen LogP contribution >= 0.6 is 0 Å². The van der Waals surface area contributed by atoms with Crippen molar-refractivity contribution in [1.82, 2.24) is 4.90 Å². The van der Waals surface area contributed by atoms with Crippen LogP contribution in [0, 0.1) is 11.8 Å².